The molecule has 1 aromatic rings. The molecule has 126 valence electrons. The number of nitrogens with one attached hydrogen (secondary N) is 1. The maximum absolute atomic E-state index is 13.0. The minimum absolute atomic E-state index is 0.118. The summed E-state index contributed by atoms with van der Waals surface area (Å²) in [5, 5.41) is 5.61. The maximum atomic E-state index is 13.0. The van der Waals surface area contributed by atoms with Gasteiger partial charge in [0.05, 0.1) is 6.54 Å². The molecule has 2 amide bonds. The summed E-state index contributed by atoms with van der Waals surface area (Å²) in [6.45, 7) is 3.75. The van der Waals surface area contributed by atoms with Crippen molar-refractivity contribution in [2.24, 2.45) is 17.8 Å². The summed E-state index contributed by atoms with van der Waals surface area (Å²) in [6.07, 6.45) is 8.95. The Morgan fingerprint density at radius 3 is 2.43 bits per heavy atom. The van der Waals surface area contributed by atoms with Gasteiger partial charge in [-0.3, -0.25) is 0 Å². The zero-order chi connectivity index (χ0) is 15.9. The first-order valence-corrected chi connectivity index (χ1v) is 10.1. The van der Waals surface area contributed by atoms with Crippen molar-refractivity contribution >= 4 is 17.4 Å². The summed E-state index contributed by atoms with van der Waals surface area (Å²) in [6, 6.07) is 4.37. The molecule has 0 unspecified atom stereocenters. The van der Waals surface area contributed by atoms with E-state index in [9.17, 15) is 4.79 Å². The Hall–Kier alpha value is -1.03. The number of thiophene rings is 1. The third-order valence-electron chi connectivity index (χ3n) is 6.12. The molecule has 23 heavy (non-hydrogen) atoms. The van der Waals surface area contributed by atoms with Crippen LogP contribution in [0.15, 0.2) is 17.5 Å². The number of carbonyl (C=O) groups excluding carboxylic acids is 1. The number of carbonyl (C=O) groups is 1. The van der Waals surface area contributed by atoms with Crippen molar-refractivity contribution in [1.29, 1.82) is 0 Å². The van der Waals surface area contributed by atoms with Gasteiger partial charge in [-0.05, 0) is 74.1 Å². The minimum atomic E-state index is 0.118. The van der Waals surface area contributed by atoms with E-state index in [4.69, 9.17) is 0 Å². The number of nitrogens with zero attached hydrogens (tertiary/aromatic N) is 1. The van der Waals surface area contributed by atoms with Crippen LogP contribution in [0.3, 0.4) is 0 Å². The molecule has 1 aromatic heterocycles. The summed E-state index contributed by atoms with van der Waals surface area (Å²) in [4.78, 5) is 16.3. The topological polar surface area (TPSA) is 32.3 Å². The molecule has 3 nitrogen and oxygen atoms in total. The van der Waals surface area contributed by atoms with Gasteiger partial charge in [0.25, 0.3) is 0 Å². The fourth-order valence-electron chi connectivity index (χ4n) is 5.68. The fourth-order valence-corrected chi connectivity index (χ4v) is 6.40. The van der Waals surface area contributed by atoms with Crippen molar-refractivity contribution in [2.75, 3.05) is 6.54 Å². The second kappa shape index (κ2) is 6.12. The number of amides is 2. The van der Waals surface area contributed by atoms with Crippen molar-refractivity contribution in [3.63, 3.8) is 0 Å². The highest BCUT2D eigenvalue weighted by Crippen LogP contribution is 2.55. The van der Waals surface area contributed by atoms with Crippen LogP contribution in [0.2, 0.25) is 0 Å². The van der Waals surface area contributed by atoms with E-state index in [1.165, 1.54) is 43.4 Å². The molecule has 4 bridgehead atoms. The number of urea groups is 1. The largest absolute Gasteiger partial charge is 0.333 e. The lowest BCUT2D eigenvalue weighted by molar-refractivity contribution is -0.0158. The van der Waals surface area contributed by atoms with Crippen molar-refractivity contribution in [3.8, 4) is 0 Å². The van der Waals surface area contributed by atoms with E-state index < -0.39 is 0 Å². The van der Waals surface area contributed by atoms with E-state index in [0.717, 1.165) is 37.3 Å². The van der Waals surface area contributed by atoms with Crippen molar-refractivity contribution in [2.45, 2.75) is 64.0 Å². The van der Waals surface area contributed by atoms with Crippen LogP contribution in [0.5, 0.6) is 0 Å². The van der Waals surface area contributed by atoms with Crippen molar-refractivity contribution in [1.82, 2.24) is 10.2 Å². The minimum Gasteiger partial charge on any atom is -0.333 e. The van der Waals surface area contributed by atoms with E-state index in [2.05, 4.69) is 29.8 Å². The van der Waals surface area contributed by atoms with E-state index in [1.54, 1.807) is 11.3 Å². The SMILES string of the molecule is CCCN(Cc1cccs1)C(=O)NC12CC3CC(CC(C3)C1)C2. The van der Waals surface area contributed by atoms with Crippen LogP contribution >= 0.6 is 11.3 Å². The van der Waals surface area contributed by atoms with E-state index >= 15 is 0 Å². The molecular formula is C19H28N2OS. The highest BCUT2D eigenvalue weighted by molar-refractivity contribution is 7.09. The Kier molecular flexibility index (Phi) is 4.12. The van der Waals surface area contributed by atoms with Gasteiger partial charge in [0.2, 0.25) is 0 Å². The third kappa shape index (κ3) is 3.15. The lowest BCUT2D eigenvalue weighted by atomic mass is 9.53. The van der Waals surface area contributed by atoms with Gasteiger partial charge in [-0.15, -0.1) is 11.3 Å². The molecule has 4 heteroatoms. The monoisotopic (exact) mass is 332 g/mol. The molecular weight excluding hydrogens is 304 g/mol. The lowest BCUT2D eigenvalue weighted by Gasteiger charge is -2.57. The fraction of sp³-hybridized carbons (Fsp3) is 0.737. The number of hydrogen-bond acceptors (Lipinski definition) is 2. The predicted molar refractivity (Wildman–Crippen MR) is 94.5 cm³/mol. The van der Waals surface area contributed by atoms with Gasteiger partial charge in [-0.2, -0.15) is 0 Å². The van der Waals surface area contributed by atoms with Gasteiger partial charge >= 0.3 is 6.03 Å². The molecule has 4 aliphatic carbocycles. The van der Waals surface area contributed by atoms with Crippen LogP contribution in [-0.4, -0.2) is 23.0 Å². The Morgan fingerprint density at radius 2 is 1.91 bits per heavy atom. The normalized spacial score (nSPS) is 34.6. The predicted octanol–water partition coefficient (Wildman–Crippen LogP) is 4.64. The Morgan fingerprint density at radius 1 is 1.26 bits per heavy atom. The second-order valence-corrected chi connectivity index (χ2v) is 9.16. The third-order valence-corrected chi connectivity index (χ3v) is 6.98. The first-order valence-electron chi connectivity index (χ1n) is 9.25. The first-order chi connectivity index (χ1) is 11.2. The van der Waals surface area contributed by atoms with Gasteiger partial charge in [-0.25, -0.2) is 4.79 Å². The molecule has 0 aromatic carbocycles. The van der Waals surface area contributed by atoms with Crippen molar-refractivity contribution < 1.29 is 4.79 Å². The van der Waals surface area contributed by atoms with E-state index in [-0.39, 0.29) is 11.6 Å². The Balaban J connectivity index is 1.45. The zero-order valence-corrected chi connectivity index (χ0v) is 14.9. The van der Waals surface area contributed by atoms with Crippen LogP contribution in [0, 0.1) is 17.8 Å². The molecule has 0 atom stereocenters. The van der Waals surface area contributed by atoms with Crippen LogP contribution in [-0.2, 0) is 6.54 Å². The molecule has 0 radical (unpaired) electrons. The lowest BCUT2D eigenvalue weighted by Crippen LogP contribution is -2.61. The molecule has 5 rings (SSSR count). The zero-order valence-electron chi connectivity index (χ0n) is 14.1. The van der Waals surface area contributed by atoms with E-state index in [0.29, 0.717) is 0 Å². The number of rotatable bonds is 5. The molecule has 1 N–H and O–H groups in total. The van der Waals surface area contributed by atoms with Crippen LogP contribution < -0.4 is 5.32 Å². The van der Waals surface area contributed by atoms with Gasteiger partial charge in [0.15, 0.2) is 0 Å². The Labute approximate surface area is 143 Å². The summed E-state index contributed by atoms with van der Waals surface area (Å²) >= 11 is 1.74. The highest BCUT2D eigenvalue weighted by Gasteiger charge is 2.51. The summed E-state index contributed by atoms with van der Waals surface area (Å²) in [5.74, 6) is 2.62. The molecule has 0 aliphatic heterocycles. The summed E-state index contributed by atoms with van der Waals surface area (Å²) in [5.41, 5.74) is 0.118. The summed E-state index contributed by atoms with van der Waals surface area (Å²) in [7, 11) is 0. The smallest absolute Gasteiger partial charge is 0.318 e. The van der Waals surface area contributed by atoms with Gasteiger partial charge in [0, 0.05) is 17.0 Å². The molecule has 1 heterocycles. The number of hydrogen-bond donors (Lipinski definition) is 1. The molecule has 4 fully saturated rings. The van der Waals surface area contributed by atoms with Crippen LogP contribution in [0.25, 0.3) is 0 Å². The molecule has 4 aliphatic rings. The average Bonchev–Trinajstić information content (AvgIpc) is 2.97. The van der Waals surface area contributed by atoms with Gasteiger partial charge in [0.1, 0.15) is 0 Å². The molecule has 0 spiro atoms. The summed E-state index contributed by atoms with van der Waals surface area (Å²) < 4.78 is 0. The molecule has 4 saturated carbocycles. The van der Waals surface area contributed by atoms with Crippen LogP contribution in [0.4, 0.5) is 4.79 Å². The van der Waals surface area contributed by atoms with Crippen molar-refractivity contribution in [3.05, 3.63) is 22.4 Å². The first kappa shape index (κ1) is 15.5. The Bertz CT molecular complexity index is 518. The highest BCUT2D eigenvalue weighted by atomic mass is 32.1. The standard InChI is InChI=1S/C19H28N2OS/c1-2-5-21(13-17-4-3-6-23-17)18(22)20-19-10-14-7-15(11-19)9-16(8-14)12-19/h3-4,6,14-16H,2,5,7-13H2,1H3,(H,20,22). The quantitative estimate of drug-likeness (QED) is 0.837. The van der Waals surface area contributed by atoms with Crippen LogP contribution in [0.1, 0.15) is 56.7 Å². The molecule has 0 saturated heterocycles. The van der Waals surface area contributed by atoms with Gasteiger partial charge < -0.3 is 10.2 Å². The van der Waals surface area contributed by atoms with Gasteiger partial charge in [-0.1, -0.05) is 13.0 Å². The second-order valence-electron chi connectivity index (χ2n) is 8.13. The maximum Gasteiger partial charge on any atom is 0.318 e. The van der Waals surface area contributed by atoms with E-state index in [1.807, 2.05) is 4.90 Å². The average molecular weight is 333 g/mol.